The number of nitrogens with one attached hydrogen (secondary N) is 1. The highest BCUT2D eigenvalue weighted by Crippen LogP contribution is 2.31. The van der Waals surface area contributed by atoms with Gasteiger partial charge in [-0.15, -0.1) is 0 Å². The molecule has 2 N–H and O–H groups in total. The molecule has 0 radical (unpaired) electrons. The van der Waals surface area contributed by atoms with Crippen molar-refractivity contribution in [1.82, 2.24) is 5.32 Å². The number of hydrogen-bond acceptors (Lipinski definition) is 2. The highest BCUT2D eigenvalue weighted by molar-refractivity contribution is 5.70. The molecule has 0 bridgehead atoms. The van der Waals surface area contributed by atoms with Crippen molar-refractivity contribution in [3.63, 3.8) is 0 Å². The smallest absolute Gasteiger partial charge is 0.306 e. The van der Waals surface area contributed by atoms with Gasteiger partial charge in [0.2, 0.25) is 0 Å². The van der Waals surface area contributed by atoms with Gasteiger partial charge in [0.15, 0.2) is 0 Å². The van der Waals surface area contributed by atoms with Crippen molar-refractivity contribution in [3.05, 3.63) is 0 Å². The molecule has 0 aliphatic heterocycles. The number of carboxylic acids is 1. The minimum atomic E-state index is -0.601. The van der Waals surface area contributed by atoms with Gasteiger partial charge in [-0.3, -0.25) is 4.79 Å². The van der Waals surface area contributed by atoms with Crippen molar-refractivity contribution in [2.75, 3.05) is 0 Å². The maximum absolute atomic E-state index is 10.9. The molecule has 19 heavy (non-hydrogen) atoms. The lowest BCUT2D eigenvalue weighted by molar-refractivity contribution is -0.142. The van der Waals surface area contributed by atoms with E-state index in [1.807, 2.05) is 0 Å². The van der Waals surface area contributed by atoms with Crippen LogP contribution in [0.5, 0.6) is 0 Å². The van der Waals surface area contributed by atoms with E-state index in [1.165, 1.54) is 25.7 Å². The van der Waals surface area contributed by atoms with Crippen LogP contribution in [0.1, 0.15) is 65.2 Å². The Bertz CT molecular complexity index is 295. The van der Waals surface area contributed by atoms with E-state index < -0.39 is 5.97 Å². The van der Waals surface area contributed by atoms with Crippen LogP contribution in [-0.4, -0.2) is 23.2 Å². The Hall–Kier alpha value is -0.570. The lowest BCUT2D eigenvalue weighted by atomic mass is 9.78. The standard InChI is InChI=1S/C16H29NO2/c1-11(2)13-4-3-5-15(10-13)17-14-8-6-12(7-9-14)16(18)19/h11-15,17H,3-10H2,1-2H3,(H,18,19). The maximum Gasteiger partial charge on any atom is 0.306 e. The van der Waals surface area contributed by atoms with Gasteiger partial charge in [-0.1, -0.05) is 26.7 Å². The predicted molar refractivity (Wildman–Crippen MR) is 77.1 cm³/mol. The van der Waals surface area contributed by atoms with E-state index in [0.717, 1.165) is 37.5 Å². The average Bonchev–Trinajstić information content (AvgIpc) is 2.39. The van der Waals surface area contributed by atoms with E-state index in [9.17, 15) is 4.79 Å². The SMILES string of the molecule is CC(C)C1CCCC(NC2CCC(C(=O)O)CC2)C1. The van der Waals surface area contributed by atoms with Crippen molar-refractivity contribution in [3.8, 4) is 0 Å². The van der Waals surface area contributed by atoms with Crippen molar-refractivity contribution in [1.29, 1.82) is 0 Å². The number of aliphatic carboxylic acids is 1. The van der Waals surface area contributed by atoms with E-state index in [-0.39, 0.29) is 5.92 Å². The molecule has 0 aromatic rings. The monoisotopic (exact) mass is 267 g/mol. The fourth-order valence-corrected chi connectivity index (χ4v) is 3.82. The van der Waals surface area contributed by atoms with Crippen LogP contribution in [0.25, 0.3) is 0 Å². The van der Waals surface area contributed by atoms with Gasteiger partial charge in [0, 0.05) is 12.1 Å². The van der Waals surface area contributed by atoms with Gasteiger partial charge in [0.25, 0.3) is 0 Å². The molecule has 3 nitrogen and oxygen atoms in total. The molecule has 2 aliphatic carbocycles. The van der Waals surface area contributed by atoms with Crippen molar-refractivity contribution < 1.29 is 9.90 Å². The summed E-state index contributed by atoms with van der Waals surface area (Å²) in [4.78, 5) is 10.9. The first-order valence-corrected chi connectivity index (χ1v) is 8.05. The molecule has 2 atom stereocenters. The zero-order valence-electron chi connectivity index (χ0n) is 12.4. The lowest BCUT2D eigenvalue weighted by Crippen LogP contribution is -2.43. The zero-order chi connectivity index (χ0) is 13.8. The quantitative estimate of drug-likeness (QED) is 0.820. The predicted octanol–water partition coefficient (Wildman–Crippen LogP) is 3.43. The largest absolute Gasteiger partial charge is 0.481 e. The Morgan fingerprint density at radius 2 is 1.74 bits per heavy atom. The van der Waals surface area contributed by atoms with Crippen LogP contribution in [0, 0.1) is 17.8 Å². The molecule has 0 aromatic heterocycles. The van der Waals surface area contributed by atoms with Crippen LogP contribution in [0.4, 0.5) is 0 Å². The number of carbonyl (C=O) groups is 1. The fourth-order valence-electron chi connectivity index (χ4n) is 3.82. The lowest BCUT2D eigenvalue weighted by Gasteiger charge is -2.36. The Labute approximate surface area is 117 Å². The van der Waals surface area contributed by atoms with E-state index in [2.05, 4.69) is 19.2 Å². The molecule has 110 valence electrons. The van der Waals surface area contributed by atoms with Crippen LogP contribution in [0.3, 0.4) is 0 Å². The molecule has 2 rings (SSSR count). The Morgan fingerprint density at radius 3 is 2.32 bits per heavy atom. The van der Waals surface area contributed by atoms with E-state index in [4.69, 9.17) is 5.11 Å². The van der Waals surface area contributed by atoms with Gasteiger partial charge in [0.1, 0.15) is 0 Å². The maximum atomic E-state index is 10.9. The summed E-state index contributed by atoms with van der Waals surface area (Å²) in [5.41, 5.74) is 0. The van der Waals surface area contributed by atoms with Gasteiger partial charge < -0.3 is 10.4 Å². The third kappa shape index (κ3) is 4.20. The fraction of sp³-hybridized carbons (Fsp3) is 0.938. The highest BCUT2D eigenvalue weighted by atomic mass is 16.4. The first-order valence-electron chi connectivity index (χ1n) is 8.05. The summed E-state index contributed by atoms with van der Waals surface area (Å²) < 4.78 is 0. The summed E-state index contributed by atoms with van der Waals surface area (Å²) in [5.74, 6) is 0.984. The van der Waals surface area contributed by atoms with Crippen LogP contribution in [-0.2, 0) is 4.79 Å². The average molecular weight is 267 g/mol. The van der Waals surface area contributed by atoms with Crippen molar-refractivity contribution >= 4 is 5.97 Å². The molecule has 2 aliphatic rings. The summed E-state index contributed by atoms with van der Waals surface area (Å²) in [6.45, 7) is 4.68. The van der Waals surface area contributed by atoms with Crippen LogP contribution in [0.15, 0.2) is 0 Å². The van der Waals surface area contributed by atoms with Crippen molar-refractivity contribution in [2.45, 2.75) is 77.3 Å². The summed E-state index contributed by atoms with van der Waals surface area (Å²) in [7, 11) is 0. The second-order valence-corrected chi connectivity index (χ2v) is 6.92. The molecule has 3 heteroatoms. The van der Waals surface area contributed by atoms with Gasteiger partial charge in [0.05, 0.1) is 5.92 Å². The van der Waals surface area contributed by atoms with E-state index >= 15 is 0 Å². The molecular formula is C16H29NO2. The summed E-state index contributed by atoms with van der Waals surface area (Å²) in [6, 6.07) is 1.24. The van der Waals surface area contributed by atoms with Gasteiger partial charge in [-0.2, -0.15) is 0 Å². The summed E-state index contributed by atoms with van der Waals surface area (Å²) in [6.07, 6.45) is 9.16. The van der Waals surface area contributed by atoms with Crippen LogP contribution in [0.2, 0.25) is 0 Å². The van der Waals surface area contributed by atoms with Crippen LogP contribution >= 0.6 is 0 Å². The molecule has 2 fully saturated rings. The first-order chi connectivity index (χ1) is 9.06. The molecule has 0 amide bonds. The number of carboxylic acid groups (broad SMARTS) is 1. The molecule has 2 saturated carbocycles. The second kappa shape index (κ2) is 6.74. The highest BCUT2D eigenvalue weighted by Gasteiger charge is 2.29. The molecule has 0 aromatic carbocycles. The topological polar surface area (TPSA) is 49.3 Å². The first kappa shape index (κ1) is 14.8. The van der Waals surface area contributed by atoms with E-state index in [1.54, 1.807) is 0 Å². The minimum absolute atomic E-state index is 0.0900. The minimum Gasteiger partial charge on any atom is -0.481 e. The number of hydrogen-bond donors (Lipinski definition) is 2. The third-order valence-corrected chi connectivity index (χ3v) is 5.21. The van der Waals surface area contributed by atoms with Gasteiger partial charge in [-0.25, -0.2) is 0 Å². The second-order valence-electron chi connectivity index (χ2n) is 6.92. The Balaban J connectivity index is 1.74. The normalized spacial score (nSPS) is 36.4. The summed E-state index contributed by atoms with van der Waals surface area (Å²) in [5, 5.41) is 12.8. The molecule has 0 spiro atoms. The third-order valence-electron chi connectivity index (χ3n) is 5.21. The molecular weight excluding hydrogens is 238 g/mol. The zero-order valence-corrected chi connectivity index (χ0v) is 12.4. The van der Waals surface area contributed by atoms with Crippen LogP contribution < -0.4 is 5.32 Å². The van der Waals surface area contributed by atoms with Gasteiger partial charge in [-0.05, 0) is 50.4 Å². The van der Waals surface area contributed by atoms with Gasteiger partial charge >= 0.3 is 5.97 Å². The number of rotatable bonds is 4. The summed E-state index contributed by atoms with van der Waals surface area (Å²) >= 11 is 0. The Kier molecular flexibility index (Phi) is 5.26. The van der Waals surface area contributed by atoms with E-state index in [0.29, 0.717) is 12.1 Å². The molecule has 2 unspecified atom stereocenters. The Morgan fingerprint density at radius 1 is 1.05 bits per heavy atom. The molecule has 0 heterocycles. The van der Waals surface area contributed by atoms with Crippen molar-refractivity contribution in [2.24, 2.45) is 17.8 Å². The molecule has 0 saturated heterocycles.